The molecular formula is C16H19NO4. The van der Waals surface area contributed by atoms with Crippen LogP contribution in [0.15, 0.2) is 24.3 Å². The zero-order valence-electron chi connectivity index (χ0n) is 12.0. The summed E-state index contributed by atoms with van der Waals surface area (Å²) in [5.41, 5.74) is 2.21. The number of hydrogen-bond acceptors (Lipinski definition) is 3. The number of nitrogens with zero attached hydrogens (tertiary/aromatic N) is 1. The topological polar surface area (TPSA) is 66.8 Å². The molecule has 21 heavy (non-hydrogen) atoms. The smallest absolute Gasteiger partial charge is 0.328 e. The van der Waals surface area contributed by atoms with Crippen molar-refractivity contribution in [1.29, 1.82) is 0 Å². The van der Waals surface area contributed by atoms with Gasteiger partial charge in [-0.1, -0.05) is 12.1 Å². The lowest BCUT2D eigenvalue weighted by Gasteiger charge is -2.20. The van der Waals surface area contributed by atoms with Crippen LogP contribution in [0.3, 0.4) is 0 Å². The fraction of sp³-hybridized carbons (Fsp3) is 0.375. The zero-order valence-corrected chi connectivity index (χ0v) is 12.0. The highest BCUT2D eigenvalue weighted by Gasteiger charge is 2.19. The number of aliphatic carboxylic acids is 1. The molecular weight excluding hydrogens is 270 g/mol. The first-order valence-corrected chi connectivity index (χ1v) is 6.96. The number of benzene rings is 1. The van der Waals surface area contributed by atoms with E-state index in [2.05, 4.69) is 0 Å². The van der Waals surface area contributed by atoms with Crippen LogP contribution in [0, 0.1) is 6.92 Å². The van der Waals surface area contributed by atoms with Crippen molar-refractivity contribution in [2.75, 3.05) is 26.3 Å². The summed E-state index contributed by atoms with van der Waals surface area (Å²) >= 11 is 0. The molecule has 0 saturated carbocycles. The average molecular weight is 289 g/mol. The summed E-state index contributed by atoms with van der Waals surface area (Å²) in [6.45, 7) is 4.40. The summed E-state index contributed by atoms with van der Waals surface area (Å²) in [6, 6.07) is 5.38. The Kier molecular flexibility index (Phi) is 5.11. The lowest BCUT2D eigenvalue weighted by atomic mass is 10.0. The molecule has 0 unspecified atom stereocenters. The normalized spacial score (nSPS) is 16.0. The monoisotopic (exact) mass is 289 g/mol. The third-order valence-corrected chi connectivity index (χ3v) is 3.42. The Bertz CT molecular complexity index is 557. The number of carbonyl (C=O) groups is 2. The third-order valence-electron chi connectivity index (χ3n) is 3.42. The van der Waals surface area contributed by atoms with Crippen molar-refractivity contribution in [1.82, 2.24) is 4.90 Å². The van der Waals surface area contributed by atoms with E-state index in [1.54, 1.807) is 17.0 Å². The summed E-state index contributed by atoms with van der Waals surface area (Å²) in [7, 11) is 0. The van der Waals surface area contributed by atoms with Crippen molar-refractivity contribution >= 4 is 18.0 Å². The number of carbonyl (C=O) groups excluding carboxylic acids is 1. The van der Waals surface area contributed by atoms with Crippen molar-refractivity contribution < 1.29 is 19.4 Å². The van der Waals surface area contributed by atoms with Crippen LogP contribution in [0.4, 0.5) is 0 Å². The van der Waals surface area contributed by atoms with E-state index >= 15 is 0 Å². The Balaban J connectivity index is 2.22. The molecule has 0 aliphatic carbocycles. The summed E-state index contributed by atoms with van der Waals surface area (Å²) in [6.07, 6.45) is 3.40. The van der Waals surface area contributed by atoms with Gasteiger partial charge in [0.25, 0.3) is 5.91 Å². The number of carboxylic acid groups (broad SMARTS) is 1. The number of amides is 1. The Morgan fingerprint density at radius 2 is 2.10 bits per heavy atom. The van der Waals surface area contributed by atoms with Crippen LogP contribution in [0.1, 0.15) is 27.9 Å². The SMILES string of the molecule is Cc1ccc(C=CC(=O)O)cc1C(=O)N1CCCOCC1. The summed E-state index contributed by atoms with van der Waals surface area (Å²) in [5.74, 6) is -1.03. The Labute approximate surface area is 123 Å². The van der Waals surface area contributed by atoms with Crippen LogP contribution in [-0.4, -0.2) is 48.2 Å². The number of carboxylic acids is 1. The molecule has 1 amide bonds. The van der Waals surface area contributed by atoms with Crippen LogP contribution in [-0.2, 0) is 9.53 Å². The van der Waals surface area contributed by atoms with E-state index in [9.17, 15) is 9.59 Å². The molecule has 5 nitrogen and oxygen atoms in total. The van der Waals surface area contributed by atoms with Gasteiger partial charge in [-0.15, -0.1) is 0 Å². The average Bonchev–Trinajstić information content (AvgIpc) is 2.74. The lowest BCUT2D eigenvalue weighted by molar-refractivity contribution is -0.131. The maximum Gasteiger partial charge on any atom is 0.328 e. The van der Waals surface area contributed by atoms with Gasteiger partial charge in [0.15, 0.2) is 0 Å². The number of hydrogen-bond donors (Lipinski definition) is 1. The van der Waals surface area contributed by atoms with Gasteiger partial charge in [0.1, 0.15) is 0 Å². The van der Waals surface area contributed by atoms with Gasteiger partial charge >= 0.3 is 5.97 Å². The van der Waals surface area contributed by atoms with Crippen LogP contribution < -0.4 is 0 Å². The van der Waals surface area contributed by atoms with Gasteiger partial charge in [-0.2, -0.15) is 0 Å². The molecule has 1 aromatic carbocycles. The molecule has 0 spiro atoms. The fourth-order valence-electron chi connectivity index (χ4n) is 2.26. The van der Waals surface area contributed by atoms with Gasteiger partial charge in [0.05, 0.1) is 6.61 Å². The van der Waals surface area contributed by atoms with Crippen molar-refractivity contribution in [2.45, 2.75) is 13.3 Å². The Hall–Kier alpha value is -2.14. The van der Waals surface area contributed by atoms with Gasteiger partial charge < -0.3 is 14.7 Å². The Morgan fingerprint density at radius 1 is 1.29 bits per heavy atom. The quantitative estimate of drug-likeness (QED) is 0.864. The van der Waals surface area contributed by atoms with Crippen molar-refractivity contribution in [3.63, 3.8) is 0 Å². The van der Waals surface area contributed by atoms with Gasteiger partial charge in [0, 0.05) is 31.3 Å². The molecule has 5 heteroatoms. The number of aryl methyl sites for hydroxylation is 1. The molecule has 1 fully saturated rings. The molecule has 1 aliphatic rings. The standard InChI is InChI=1S/C16H19NO4/c1-12-3-4-13(5-6-15(18)19)11-14(12)16(20)17-7-2-9-21-10-8-17/h3-6,11H,2,7-10H2,1H3,(H,18,19). The summed E-state index contributed by atoms with van der Waals surface area (Å²) < 4.78 is 5.36. The van der Waals surface area contributed by atoms with E-state index in [0.29, 0.717) is 37.4 Å². The number of rotatable bonds is 3. The van der Waals surface area contributed by atoms with Crippen LogP contribution in [0.25, 0.3) is 6.08 Å². The molecule has 1 aliphatic heterocycles. The minimum absolute atomic E-state index is 0.0245. The van der Waals surface area contributed by atoms with Crippen LogP contribution in [0.2, 0.25) is 0 Å². The Morgan fingerprint density at radius 3 is 2.86 bits per heavy atom. The molecule has 0 aromatic heterocycles. The maximum atomic E-state index is 12.6. The predicted molar refractivity (Wildman–Crippen MR) is 79.2 cm³/mol. The molecule has 1 aromatic rings. The minimum atomic E-state index is -1.01. The van der Waals surface area contributed by atoms with Gasteiger partial charge in [0.2, 0.25) is 0 Å². The summed E-state index contributed by atoms with van der Waals surface area (Å²) in [5, 5.41) is 8.67. The van der Waals surface area contributed by atoms with E-state index in [-0.39, 0.29) is 5.91 Å². The maximum absolute atomic E-state index is 12.6. The highest BCUT2D eigenvalue weighted by atomic mass is 16.5. The first kappa shape index (κ1) is 15.3. The lowest BCUT2D eigenvalue weighted by Crippen LogP contribution is -2.33. The second-order valence-electron chi connectivity index (χ2n) is 5.00. The van der Waals surface area contributed by atoms with E-state index in [0.717, 1.165) is 18.1 Å². The first-order chi connectivity index (χ1) is 10.1. The van der Waals surface area contributed by atoms with E-state index in [1.807, 2.05) is 13.0 Å². The van der Waals surface area contributed by atoms with Gasteiger partial charge in [-0.05, 0) is 36.6 Å². The van der Waals surface area contributed by atoms with Gasteiger partial charge in [-0.3, -0.25) is 4.79 Å². The highest BCUT2D eigenvalue weighted by molar-refractivity contribution is 5.96. The second kappa shape index (κ2) is 7.04. The summed E-state index contributed by atoms with van der Waals surface area (Å²) in [4.78, 5) is 25.0. The molecule has 0 bridgehead atoms. The molecule has 0 atom stereocenters. The van der Waals surface area contributed by atoms with Crippen molar-refractivity contribution in [3.8, 4) is 0 Å². The molecule has 1 saturated heterocycles. The van der Waals surface area contributed by atoms with Crippen molar-refractivity contribution in [3.05, 3.63) is 41.0 Å². The highest BCUT2D eigenvalue weighted by Crippen LogP contribution is 2.16. The van der Waals surface area contributed by atoms with Crippen molar-refractivity contribution in [2.24, 2.45) is 0 Å². The van der Waals surface area contributed by atoms with Crippen LogP contribution >= 0.6 is 0 Å². The molecule has 112 valence electrons. The largest absolute Gasteiger partial charge is 0.478 e. The molecule has 1 N–H and O–H groups in total. The molecule has 1 heterocycles. The van der Waals surface area contributed by atoms with E-state index in [1.165, 1.54) is 6.08 Å². The van der Waals surface area contributed by atoms with Gasteiger partial charge in [-0.25, -0.2) is 4.79 Å². The number of ether oxygens (including phenoxy) is 1. The molecule has 0 radical (unpaired) electrons. The van der Waals surface area contributed by atoms with E-state index < -0.39 is 5.97 Å². The fourth-order valence-corrected chi connectivity index (χ4v) is 2.26. The third kappa shape index (κ3) is 4.16. The zero-order chi connectivity index (χ0) is 15.2. The first-order valence-electron chi connectivity index (χ1n) is 6.96. The predicted octanol–water partition coefficient (Wildman–Crippen LogP) is 1.96. The van der Waals surface area contributed by atoms with E-state index in [4.69, 9.17) is 9.84 Å². The second-order valence-corrected chi connectivity index (χ2v) is 5.00. The molecule has 2 rings (SSSR count). The van der Waals surface area contributed by atoms with Crippen LogP contribution in [0.5, 0.6) is 0 Å². The minimum Gasteiger partial charge on any atom is -0.478 e.